The zero-order chi connectivity index (χ0) is 19.4. The Hall–Kier alpha value is -2.38. The molecule has 0 bridgehead atoms. The SMILES string of the molecule is COc1ccc([C@H](C)N(C)C(=O)c2cc(CN3CCC(O)CC3)on2)cc1. The molecule has 2 heterocycles. The average molecular weight is 373 g/mol. The Morgan fingerprint density at radius 1 is 1.37 bits per heavy atom. The zero-order valence-electron chi connectivity index (χ0n) is 16.1. The highest BCUT2D eigenvalue weighted by Crippen LogP contribution is 2.23. The number of piperidine rings is 1. The van der Waals surface area contributed by atoms with Crippen LogP contribution in [-0.2, 0) is 6.54 Å². The van der Waals surface area contributed by atoms with E-state index in [9.17, 15) is 9.90 Å². The smallest absolute Gasteiger partial charge is 0.276 e. The Kier molecular flexibility index (Phi) is 6.13. The fraction of sp³-hybridized carbons (Fsp3) is 0.500. The van der Waals surface area contributed by atoms with Crippen molar-refractivity contribution in [2.75, 3.05) is 27.2 Å². The van der Waals surface area contributed by atoms with E-state index >= 15 is 0 Å². The lowest BCUT2D eigenvalue weighted by molar-refractivity contribution is 0.0724. The lowest BCUT2D eigenvalue weighted by atomic mass is 10.1. The van der Waals surface area contributed by atoms with Crippen LogP contribution in [0, 0.1) is 0 Å². The summed E-state index contributed by atoms with van der Waals surface area (Å²) in [5.74, 6) is 1.27. The predicted octanol–water partition coefficient (Wildman–Crippen LogP) is 2.47. The second-order valence-electron chi connectivity index (χ2n) is 7.05. The summed E-state index contributed by atoms with van der Waals surface area (Å²) in [6.45, 7) is 4.21. The number of likely N-dealkylation sites (tertiary alicyclic amines) is 1. The van der Waals surface area contributed by atoms with Crippen LogP contribution in [0.2, 0.25) is 0 Å². The van der Waals surface area contributed by atoms with E-state index in [1.165, 1.54) is 0 Å². The number of hydrogen-bond donors (Lipinski definition) is 1. The molecule has 0 spiro atoms. The molecule has 1 N–H and O–H groups in total. The molecule has 1 aromatic heterocycles. The predicted molar refractivity (Wildman–Crippen MR) is 101 cm³/mol. The first-order valence-corrected chi connectivity index (χ1v) is 9.25. The molecule has 7 nitrogen and oxygen atoms in total. The van der Waals surface area contributed by atoms with Gasteiger partial charge in [0.05, 0.1) is 25.8 Å². The second-order valence-corrected chi connectivity index (χ2v) is 7.05. The molecule has 1 fully saturated rings. The number of aromatic nitrogens is 1. The maximum Gasteiger partial charge on any atom is 0.276 e. The molecular formula is C20H27N3O4. The monoisotopic (exact) mass is 373 g/mol. The summed E-state index contributed by atoms with van der Waals surface area (Å²) in [6.07, 6.45) is 1.32. The fourth-order valence-corrected chi connectivity index (χ4v) is 3.25. The Morgan fingerprint density at radius 3 is 2.67 bits per heavy atom. The van der Waals surface area contributed by atoms with Gasteiger partial charge in [0.2, 0.25) is 0 Å². The summed E-state index contributed by atoms with van der Waals surface area (Å²) < 4.78 is 10.5. The van der Waals surface area contributed by atoms with Gasteiger partial charge in [-0.15, -0.1) is 0 Å². The average Bonchev–Trinajstić information content (AvgIpc) is 3.16. The summed E-state index contributed by atoms with van der Waals surface area (Å²) in [6, 6.07) is 9.28. The van der Waals surface area contributed by atoms with Crippen LogP contribution >= 0.6 is 0 Å². The van der Waals surface area contributed by atoms with E-state index < -0.39 is 0 Å². The van der Waals surface area contributed by atoms with E-state index in [0.29, 0.717) is 18.0 Å². The summed E-state index contributed by atoms with van der Waals surface area (Å²) >= 11 is 0. The molecule has 0 saturated carbocycles. The Labute approximate surface area is 159 Å². The molecule has 27 heavy (non-hydrogen) atoms. The normalized spacial score (nSPS) is 16.9. The summed E-state index contributed by atoms with van der Waals surface area (Å²) in [7, 11) is 3.39. The number of ether oxygens (including phenoxy) is 1. The third-order valence-electron chi connectivity index (χ3n) is 5.21. The highest BCUT2D eigenvalue weighted by Gasteiger charge is 2.24. The van der Waals surface area contributed by atoms with Crippen LogP contribution in [0.15, 0.2) is 34.9 Å². The van der Waals surface area contributed by atoms with Gasteiger partial charge in [0.15, 0.2) is 11.5 Å². The number of carbonyl (C=O) groups excluding carboxylic acids is 1. The molecular weight excluding hydrogens is 346 g/mol. The van der Waals surface area contributed by atoms with E-state index in [1.54, 1.807) is 25.1 Å². The van der Waals surface area contributed by atoms with Crippen molar-refractivity contribution in [3.05, 3.63) is 47.3 Å². The van der Waals surface area contributed by atoms with E-state index in [2.05, 4.69) is 10.1 Å². The van der Waals surface area contributed by atoms with Gasteiger partial charge in [0, 0.05) is 26.2 Å². The third kappa shape index (κ3) is 4.67. The van der Waals surface area contributed by atoms with Gasteiger partial charge in [-0.25, -0.2) is 0 Å². The molecule has 0 aliphatic carbocycles. The fourth-order valence-electron chi connectivity index (χ4n) is 3.25. The Balaban J connectivity index is 1.61. The quantitative estimate of drug-likeness (QED) is 0.838. The van der Waals surface area contributed by atoms with Crippen molar-refractivity contribution in [2.24, 2.45) is 0 Å². The number of hydrogen-bond acceptors (Lipinski definition) is 6. The number of nitrogens with zero attached hydrogens (tertiary/aromatic N) is 3. The zero-order valence-corrected chi connectivity index (χ0v) is 16.1. The number of aliphatic hydroxyl groups excluding tert-OH is 1. The van der Waals surface area contributed by atoms with Crippen molar-refractivity contribution in [2.45, 2.75) is 38.5 Å². The van der Waals surface area contributed by atoms with Crippen molar-refractivity contribution in [3.63, 3.8) is 0 Å². The van der Waals surface area contributed by atoms with Crippen LogP contribution in [0.25, 0.3) is 0 Å². The van der Waals surface area contributed by atoms with Crippen molar-refractivity contribution >= 4 is 5.91 Å². The van der Waals surface area contributed by atoms with Crippen molar-refractivity contribution in [1.82, 2.24) is 15.0 Å². The first kappa shape index (κ1) is 19.4. The van der Waals surface area contributed by atoms with Crippen molar-refractivity contribution in [3.8, 4) is 5.75 Å². The topological polar surface area (TPSA) is 79.0 Å². The van der Waals surface area contributed by atoms with Gasteiger partial charge in [-0.1, -0.05) is 17.3 Å². The Bertz CT molecular complexity index is 751. The number of methoxy groups -OCH3 is 1. The largest absolute Gasteiger partial charge is 0.497 e. The van der Waals surface area contributed by atoms with Crippen molar-refractivity contribution < 1.29 is 19.2 Å². The first-order valence-electron chi connectivity index (χ1n) is 9.25. The molecule has 1 atom stereocenters. The minimum absolute atomic E-state index is 0.105. The van der Waals surface area contributed by atoms with Gasteiger partial charge in [0.25, 0.3) is 5.91 Å². The van der Waals surface area contributed by atoms with Crippen LogP contribution in [0.5, 0.6) is 5.75 Å². The van der Waals surface area contributed by atoms with Crippen LogP contribution < -0.4 is 4.74 Å². The maximum absolute atomic E-state index is 12.8. The molecule has 0 radical (unpaired) electrons. The second kappa shape index (κ2) is 8.54. The summed E-state index contributed by atoms with van der Waals surface area (Å²) in [5, 5.41) is 13.5. The first-order chi connectivity index (χ1) is 13.0. The van der Waals surface area contributed by atoms with Crippen LogP contribution in [-0.4, -0.2) is 59.3 Å². The minimum atomic E-state index is -0.207. The molecule has 1 aliphatic rings. The number of benzene rings is 1. The molecule has 1 aromatic carbocycles. The third-order valence-corrected chi connectivity index (χ3v) is 5.21. The minimum Gasteiger partial charge on any atom is -0.497 e. The lowest BCUT2D eigenvalue weighted by Gasteiger charge is -2.28. The highest BCUT2D eigenvalue weighted by atomic mass is 16.5. The lowest BCUT2D eigenvalue weighted by Crippen LogP contribution is -2.35. The van der Waals surface area contributed by atoms with Crippen molar-refractivity contribution in [1.29, 1.82) is 0 Å². The molecule has 2 aromatic rings. The number of aliphatic hydroxyl groups is 1. The van der Waals surface area contributed by atoms with Crippen LogP contribution in [0.4, 0.5) is 0 Å². The van der Waals surface area contributed by atoms with Crippen LogP contribution in [0.3, 0.4) is 0 Å². The molecule has 3 rings (SSSR count). The molecule has 1 aliphatic heterocycles. The number of rotatable bonds is 6. The van der Waals surface area contributed by atoms with Gasteiger partial charge in [0.1, 0.15) is 5.75 Å². The highest BCUT2D eigenvalue weighted by molar-refractivity contribution is 5.92. The Morgan fingerprint density at radius 2 is 2.04 bits per heavy atom. The van der Waals surface area contributed by atoms with E-state index in [4.69, 9.17) is 9.26 Å². The van der Waals surface area contributed by atoms with E-state index in [0.717, 1.165) is 37.2 Å². The van der Waals surface area contributed by atoms with E-state index in [-0.39, 0.29) is 18.1 Å². The summed E-state index contributed by atoms with van der Waals surface area (Å²) in [4.78, 5) is 16.6. The van der Waals surface area contributed by atoms with Gasteiger partial charge in [-0.3, -0.25) is 9.69 Å². The van der Waals surface area contributed by atoms with Gasteiger partial charge in [-0.2, -0.15) is 0 Å². The standard InChI is InChI=1S/C20H27N3O4/c1-14(15-4-6-17(26-3)7-5-15)22(2)20(25)19-12-18(27-21-19)13-23-10-8-16(24)9-11-23/h4-7,12,14,16,24H,8-11,13H2,1-3H3/t14-/m0/s1. The number of carbonyl (C=O) groups is 1. The molecule has 1 saturated heterocycles. The molecule has 7 heteroatoms. The van der Waals surface area contributed by atoms with E-state index in [1.807, 2.05) is 31.2 Å². The van der Waals surface area contributed by atoms with Gasteiger partial charge >= 0.3 is 0 Å². The maximum atomic E-state index is 12.8. The van der Waals surface area contributed by atoms with Gasteiger partial charge < -0.3 is 19.3 Å². The summed E-state index contributed by atoms with van der Waals surface area (Å²) in [5.41, 5.74) is 1.33. The molecule has 1 amide bonds. The number of amides is 1. The molecule has 146 valence electrons. The van der Waals surface area contributed by atoms with Crippen LogP contribution in [0.1, 0.15) is 47.6 Å². The van der Waals surface area contributed by atoms with Gasteiger partial charge in [-0.05, 0) is 37.5 Å². The molecule has 0 unspecified atom stereocenters.